The molecule has 1 rings (SSSR count). The molecule has 0 radical (unpaired) electrons. The number of hydrogen-bond acceptors (Lipinski definition) is 1. The SMILES string of the molecule is C[C@H](N=[N+]=[N-])c1ccc(F)cc1. The summed E-state index contributed by atoms with van der Waals surface area (Å²) in [4.78, 5) is 2.67. The molecule has 0 amide bonds. The Hall–Kier alpha value is -1.54. The van der Waals surface area contributed by atoms with E-state index in [4.69, 9.17) is 5.53 Å². The molecule has 0 heterocycles. The molecule has 1 aromatic rings. The summed E-state index contributed by atoms with van der Waals surface area (Å²) in [7, 11) is 0. The number of nitrogens with zero attached hydrogens (tertiary/aromatic N) is 3. The average molecular weight is 165 g/mol. The van der Waals surface area contributed by atoms with Crippen LogP contribution in [0.15, 0.2) is 29.4 Å². The van der Waals surface area contributed by atoms with Crippen molar-refractivity contribution >= 4 is 0 Å². The van der Waals surface area contributed by atoms with Crippen molar-refractivity contribution in [3.05, 3.63) is 46.1 Å². The highest BCUT2D eigenvalue weighted by Gasteiger charge is 2.01. The fraction of sp³-hybridized carbons (Fsp3) is 0.250. The van der Waals surface area contributed by atoms with Crippen LogP contribution in [0.4, 0.5) is 4.39 Å². The van der Waals surface area contributed by atoms with Crippen LogP contribution in [0.2, 0.25) is 0 Å². The van der Waals surface area contributed by atoms with Crippen molar-refractivity contribution in [2.75, 3.05) is 0 Å². The van der Waals surface area contributed by atoms with Gasteiger partial charge in [0.1, 0.15) is 5.82 Å². The van der Waals surface area contributed by atoms with Crippen LogP contribution >= 0.6 is 0 Å². The van der Waals surface area contributed by atoms with Crippen molar-refractivity contribution in [3.8, 4) is 0 Å². The van der Waals surface area contributed by atoms with E-state index >= 15 is 0 Å². The minimum atomic E-state index is -0.285. The van der Waals surface area contributed by atoms with E-state index in [0.717, 1.165) is 5.56 Å². The van der Waals surface area contributed by atoms with E-state index in [-0.39, 0.29) is 11.9 Å². The number of halogens is 1. The predicted molar refractivity (Wildman–Crippen MR) is 44.0 cm³/mol. The molecule has 0 saturated heterocycles. The first-order chi connectivity index (χ1) is 5.74. The van der Waals surface area contributed by atoms with Gasteiger partial charge in [0.2, 0.25) is 0 Å². The molecule has 0 unspecified atom stereocenters. The summed E-state index contributed by atoms with van der Waals surface area (Å²) in [5, 5.41) is 3.48. The lowest BCUT2D eigenvalue weighted by atomic mass is 10.1. The van der Waals surface area contributed by atoms with Gasteiger partial charge in [-0.25, -0.2) is 4.39 Å². The fourth-order valence-electron chi connectivity index (χ4n) is 0.885. The minimum Gasteiger partial charge on any atom is -0.207 e. The molecule has 0 N–H and O–H groups in total. The van der Waals surface area contributed by atoms with Gasteiger partial charge < -0.3 is 0 Å². The van der Waals surface area contributed by atoms with Crippen molar-refractivity contribution in [2.24, 2.45) is 5.11 Å². The molecule has 4 heteroatoms. The van der Waals surface area contributed by atoms with E-state index in [1.54, 1.807) is 19.1 Å². The third kappa shape index (κ3) is 1.97. The van der Waals surface area contributed by atoms with E-state index in [2.05, 4.69) is 10.0 Å². The third-order valence-electron chi connectivity index (χ3n) is 1.58. The van der Waals surface area contributed by atoms with Gasteiger partial charge in [-0.1, -0.05) is 24.2 Å². The van der Waals surface area contributed by atoms with E-state index in [9.17, 15) is 4.39 Å². The minimum absolute atomic E-state index is 0.240. The molecule has 0 aromatic heterocycles. The molecule has 0 fully saturated rings. The first-order valence-electron chi connectivity index (χ1n) is 3.53. The summed E-state index contributed by atoms with van der Waals surface area (Å²) in [6.45, 7) is 1.76. The van der Waals surface area contributed by atoms with Crippen LogP contribution in [0.3, 0.4) is 0 Å². The van der Waals surface area contributed by atoms with Crippen LogP contribution in [-0.4, -0.2) is 0 Å². The Kier molecular flexibility index (Phi) is 2.66. The van der Waals surface area contributed by atoms with E-state index in [0.29, 0.717) is 0 Å². The Morgan fingerprint density at radius 2 is 2.00 bits per heavy atom. The number of benzene rings is 1. The van der Waals surface area contributed by atoms with Crippen LogP contribution < -0.4 is 0 Å². The maximum atomic E-state index is 12.4. The van der Waals surface area contributed by atoms with Gasteiger partial charge in [0.05, 0.1) is 6.04 Å². The predicted octanol–water partition coefficient (Wildman–Crippen LogP) is 3.20. The van der Waals surface area contributed by atoms with Gasteiger partial charge in [-0.05, 0) is 23.2 Å². The topological polar surface area (TPSA) is 48.8 Å². The summed E-state index contributed by atoms with van der Waals surface area (Å²) >= 11 is 0. The second kappa shape index (κ2) is 3.74. The van der Waals surface area contributed by atoms with Crippen LogP contribution in [0.1, 0.15) is 18.5 Å². The molecule has 0 spiro atoms. The fourth-order valence-corrected chi connectivity index (χ4v) is 0.885. The standard InChI is InChI=1S/C8H8FN3/c1-6(11-12-10)7-2-4-8(9)5-3-7/h2-6H,1H3/t6-/m0/s1. The van der Waals surface area contributed by atoms with Crippen molar-refractivity contribution < 1.29 is 4.39 Å². The molecule has 3 nitrogen and oxygen atoms in total. The van der Waals surface area contributed by atoms with Gasteiger partial charge in [0.15, 0.2) is 0 Å². The molecule has 12 heavy (non-hydrogen) atoms. The van der Waals surface area contributed by atoms with Gasteiger partial charge in [-0.15, -0.1) is 0 Å². The summed E-state index contributed by atoms with van der Waals surface area (Å²) in [5.74, 6) is -0.285. The molecule has 62 valence electrons. The molecule has 0 bridgehead atoms. The highest BCUT2D eigenvalue weighted by molar-refractivity contribution is 5.19. The molecule has 0 aliphatic carbocycles. The van der Waals surface area contributed by atoms with E-state index in [1.807, 2.05) is 0 Å². The zero-order valence-corrected chi connectivity index (χ0v) is 6.61. The Morgan fingerprint density at radius 1 is 1.42 bits per heavy atom. The van der Waals surface area contributed by atoms with Crippen molar-refractivity contribution in [1.82, 2.24) is 0 Å². The lowest BCUT2D eigenvalue weighted by Gasteiger charge is -2.02. The molecule has 1 atom stereocenters. The number of hydrogen-bond donors (Lipinski definition) is 0. The average Bonchev–Trinajstić information content (AvgIpc) is 2.06. The summed E-state index contributed by atoms with van der Waals surface area (Å²) in [5.41, 5.74) is 8.95. The Balaban J connectivity index is 2.89. The first-order valence-corrected chi connectivity index (χ1v) is 3.53. The third-order valence-corrected chi connectivity index (χ3v) is 1.58. The summed E-state index contributed by atoms with van der Waals surface area (Å²) < 4.78 is 12.4. The highest BCUT2D eigenvalue weighted by atomic mass is 19.1. The zero-order chi connectivity index (χ0) is 8.97. The number of azide groups is 1. The van der Waals surface area contributed by atoms with Gasteiger partial charge in [0.25, 0.3) is 0 Å². The Morgan fingerprint density at radius 3 is 2.50 bits per heavy atom. The molecule has 0 aliphatic heterocycles. The quantitative estimate of drug-likeness (QED) is 0.367. The van der Waals surface area contributed by atoms with Gasteiger partial charge in [-0.3, -0.25) is 0 Å². The second-order valence-corrected chi connectivity index (χ2v) is 2.43. The molecule has 1 aromatic carbocycles. The lowest BCUT2D eigenvalue weighted by molar-refractivity contribution is 0.626. The smallest absolute Gasteiger partial charge is 0.123 e. The summed E-state index contributed by atoms with van der Waals surface area (Å²) in [6.07, 6.45) is 0. The Labute approximate surface area is 69.5 Å². The van der Waals surface area contributed by atoms with Crippen LogP contribution in [0.25, 0.3) is 10.4 Å². The molecular formula is C8H8FN3. The molecular weight excluding hydrogens is 157 g/mol. The van der Waals surface area contributed by atoms with Crippen molar-refractivity contribution in [1.29, 1.82) is 0 Å². The lowest BCUT2D eigenvalue weighted by Crippen LogP contribution is -1.87. The van der Waals surface area contributed by atoms with Crippen LogP contribution in [0.5, 0.6) is 0 Å². The van der Waals surface area contributed by atoms with E-state index in [1.165, 1.54) is 12.1 Å². The van der Waals surface area contributed by atoms with Gasteiger partial charge in [0, 0.05) is 4.91 Å². The normalized spacial score (nSPS) is 11.8. The van der Waals surface area contributed by atoms with Gasteiger partial charge in [-0.2, -0.15) is 0 Å². The first kappa shape index (κ1) is 8.56. The molecule has 0 aliphatic rings. The summed E-state index contributed by atoms with van der Waals surface area (Å²) in [6, 6.07) is 5.66. The Bertz CT molecular complexity index is 301. The number of rotatable bonds is 2. The van der Waals surface area contributed by atoms with Crippen LogP contribution in [-0.2, 0) is 0 Å². The van der Waals surface area contributed by atoms with E-state index < -0.39 is 0 Å². The highest BCUT2D eigenvalue weighted by Crippen LogP contribution is 2.16. The monoisotopic (exact) mass is 165 g/mol. The maximum Gasteiger partial charge on any atom is 0.123 e. The molecule has 0 saturated carbocycles. The van der Waals surface area contributed by atoms with Gasteiger partial charge >= 0.3 is 0 Å². The largest absolute Gasteiger partial charge is 0.207 e. The second-order valence-electron chi connectivity index (χ2n) is 2.43. The zero-order valence-electron chi connectivity index (χ0n) is 6.61. The van der Waals surface area contributed by atoms with Crippen molar-refractivity contribution in [2.45, 2.75) is 13.0 Å². The van der Waals surface area contributed by atoms with Crippen molar-refractivity contribution in [3.63, 3.8) is 0 Å². The maximum absolute atomic E-state index is 12.4. The van der Waals surface area contributed by atoms with Crippen LogP contribution in [0, 0.1) is 5.82 Å².